The third-order valence-corrected chi connectivity index (χ3v) is 5.08. The fourth-order valence-corrected chi connectivity index (χ4v) is 2.90. The first-order valence-corrected chi connectivity index (χ1v) is 10.3. The van der Waals surface area contributed by atoms with Gasteiger partial charge in [-0.3, -0.25) is 9.59 Å². The highest BCUT2D eigenvalue weighted by Crippen LogP contribution is 2.18. The second kappa shape index (κ2) is 11.5. The van der Waals surface area contributed by atoms with E-state index in [0.29, 0.717) is 16.5 Å². The predicted octanol–water partition coefficient (Wildman–Crippen LogP) is 4.06. The summed E-state index contributed by atoms with van der Waals surface area (Å²) in [5.41, 5.74) is 0.859. The zero-order valence-corrected chi connectivity index (χ0v) is 18.6. The Morgan fingerprint density at radius 3 is 2.43 bits per heavy atom. The van der Waals surface area contributed by atoms with Crippen molar-refractivity contribution in [2.24, 2.45) is 0 Å². The number of nitrogens with zero attached hydrogens (tertiary/aromatic N) is 1. The van der Waals surface area contributed by atoms with E-state index in [0.717, 1.165) is 12.0 Å². The van der Waals surface area contributed by atoms with Gasteiger partial charge in [-0.2, -0.15) is 0 Å². The standard InChI is InChI=1S/C23H29ClN2O4/c1-5-16(2)25-23(28)17(3)26(14-18-7-6-8-21(13-18)29-4)22(27)15-30-20-11-9-19(24)10-12-20/h6-13,16-17H,5,14-15H2,1-4H3,(H,25,28)/t16-,17-/m0/s1. The number of ether oxygens (including phenoxy) is 2. The Labute approximate surface area is 183 Å². The van der Waals surface area contributed by atoms with E-state index < -0.39 is 6.04 Å². The number of rotatable bonds is 10. The highest BCUT2D eigenvalue weighted by Gasteiger charge is 2.27. The summed E-state index contributed by atoms with van der Waals surface area (Å²) in [6.45, 7) is 5.72. The molecule has 2 atom stereocenters. The number of carbonyl (C=O) groups excluding carboxylic acids is 2. The Bertz CT molecular complexity index is 841. The fraction of sp³-hybridized carbons (Fsp3) is 0.391. The summed E-state index contributed by atoms with van der Waals surface area (Å²) in [6.07, 6.45) is 0.808. The van der Waals surface area contributed by atoms with Gasteiger partial charge >= 0.3 is 0 Å². The quantitative estimate of drug-likeness (QED) is 0.614. The molecule has 1 N–H and O–H groups in total. The molecule has 7 heteroatoms. The van der Waals surface area contributed by atoms with E-state index in [1.165, 1.54) is 4.90 Å². The van der Waals surface area contributed by atoms with Gasteiger partial charge < -0.3 is 19.7 Å². The summed E-state index contributed by atoms with van der Waals surface area (Å²) >= 11 is 5.88. The minimum Gasteiger partial charge on any atom is -0.497 e. The summed E-state index contributed by atoms with van der Waals surface area (Å²) in [4.78, 5) is 27.2. The van der Waals surface area contributed by atoms with Gasteiger partial charge in [0, 0.05) is 17.6 Å². The van der Waals surface area contributed by atoms with Crippen molar-refractivity contribution in [2.45, 2.75) is 45.8 Å². The van der Waals surface area contributed by atoms with E-state index in [1.54, 1.807) is 38.3 Å². The van der Waals surface area contributed by atoms with Crippen LogP contribution in [0.1, 0.15) is 32.8 Å². The molecule has 162 valence electrons. The van der Waals surface area contributed by atoms with E-state index >= 15 is 0 Å². The maximum Gasteiger partial charge on any atom is 0.261 e. The summed E-state index contributed by atoms with van der Waals surface area (Å²) < 4.78 is 10.9. The molecule has 2 rings (SSSR count). The number of carbonyl (C=O) groups is 2. The minimum atomic E-state index is -0.661. The first-order chi connectivity index (χ1) is 14.3. The molecule has 0 aliphatic rings. The van der Waals surface area contributed by atoms with Crippen molar-refractivity contribution in [1.82, 2.24) is 10.2 Å². The van der Waals surface area contributed by atoms with E-state index in [2.05, 4.69) is 5.32 Å². The van der Waals surface area contributed by atoms with Gasteiger partial charge in [0.05, 0.1) is 7.11 Å². The molecule has 0 unspecified atom stereocenters. The second-order valence-corrected chi connectivity index (χ2v) is 7.55. The van der Waals surface area contributed by atoms with Gasteiger partial charge in [0.1, 0.15) is 17.5 Å². The van der Waals surface area contributed by atoms with Crippen LogP contribution in [0.4, 0.5) is 0 Å². The lowest BCUT2D eigenvalue weighted by Crippen LogP contribution is -2.50. The maximum absolute atomic E-state index is 13.0. The van der Waals surface area contributed by atoms with Gasteiger partial charge in [-0.15, -0.1) is 0 Å². The number of hydrogen-bond donors (Lipinski definition) is 1. The molecule has 0 aliphatic carbocycles. The van der Waals surface area contributed by atoms with Crippen LogP contribution in [-0.4, -0.2) is 42.5 Å². The Morgan fingerprint density at radius 1 is 1.10 bits per heavy atom. The summed E-state index contributed by atoms with van der Waals surface area (Å²) in [7, 11) is 1.59. The van der Waals surface area contributed by atoms with E-state index in [1.807, 2.05) is 38.1 Å². The molecule has 0 aliphatic heterocycles. The number of nitrogens with one attached hydrogen (secondary N) is 1. The van der Waals surface area contributed by atoms with Crippen LogP contribution < -0.4 is 14.8 Å². The summed E-state index contributed by atoms with van der Waals surface area (Å²) in [5.74, 6) is 0.728. The molecule has 0 bridgehead atoms. The first kappa shape index (κ1) is 23.5. The third kappa shape index (κ3) is 6.95. The van der Waals surface area contributed by atoms with Crippen molar-refractivity contribution < 1.29 is 19.1 Å². The Morgan fingerprint density at radius 2 is 1.80 bits per heavy atom. The van der Waals surface area contributed by atoms with Crippen molar-refractivity contribution in [1.29, 1.82) is 0 Å². The van der Waals surface area contributed by atoms with E-state index in [-0.39, 0.29) is 31.0 Å². The fourth-order valence-electron chi connectivity index (χ4n) is 2.77. The lowest BCUT2D eigenvalue weighted by molar-refractivity contribution is -0.142. The van der Waals surface area contributed by atoms with Crippen LogP contribution in [0.2, 0.25) is 5.02 Å². The van der Waals surface area contributed by atoms with Crippen LogP contribution in [0.5, 0.6) is 11.5 Å². The number of methoxy groups -OCH3 is 1. The molecule has 30 heavy (non-hydrogen) atoms. The number of hydrogen-bond acceptors (Lipinski definition) is 4. The van der Waals surface area contributed by atoms with E-state index in [9.17, 15) is 9.59 Å². The average molecular weight is 433 g/mol. The van der Waals surface area contributed by atoms with Gasteiger partial charge in [-0.05, 0) is 62.2 Å². The largest absolute Gasteiger partial charge is 0.497 e. The topological polar surface area (TPSA) is 67.9 Å². The normalized spacial score (nSPS) is 12.6. The molecular formula is C23H29ClN2O4. The zero-order chi connectivity index (χ0) is 22.1. The van der Waals surface area contributed by atoms with Crippen molar-refractivity contribution in [3.63, 3.8) is 0 Å². The number of amides is 2. The van der Waals surface area contributed by atoms with Crippen LogP contribution in [0.15, 0.2) is 48.5 Å². The van der Waals surface area contributed by atoms with Crippen molar-refractivity contribution in [3.8, 4) is 11.5 Å². The highest BCUT2D eigenvalue weighted by molar-refractivity contribution is 6.30. The zero-order valence-electron chi connectivity index (χ0n) is 17.9. The Balaban J connectivity index is 2.16. The Hall–Kier alpha value is -2.73. The van der Waals surface area contributed by atoms with Gasteiger partial charge in [0.25, 0.3) is 5.91 Å². The van der Waals surface area contributed by atoms with Gasteiger partial charge in [0.15, 0.2) is 6.61 Å². The first-order valence-electron chi connectivity index (χ1n) is 9.95. The average Bonchev–Trinajstić information content (AvgIpc) is 2.76. The molecule has 0 spiro atoms. The Kier molecular flexibility index (Phi) is 8.99. The van der Waals surface area contributed by atoms with Crippen LogP contribution in [0.25, 0.3) is 0 Å². The van der Waals surface area contributed by atoms with Crippen molar-refractivity contribution in [2.75, 3.05) is 13.7 Å². The highest BCUT2D eigenvalue weighted by atomic mass is 35.5. The molecule has 0 fully saturated rings. The SMILES string of the molecule is CC[C@H](C)NC(=O)[C@H](C)N(Cc1cccc(OC)c1)C(=O)COc1ccc(Cl)cc1. The number of benzene rings is 2. The van der Waals surface area contributed by atoms with Crippen molar-refractivity contribution in [3.05, 3.63) is 59.1 Å². The minimum absolute atomic E-state index is 0.0269. The molecule has 0 saturated heterocycles. The van der Waals surface area contributed by atoms with Gasteiger partial charge in [-0.25, -0.2) is 0 Å². The molecular weight excluding hydrogens is 404 g/mol. The summed E-state index contributed by atoms with van der Waals surface area (Å²) in [5, 5.41) is 3.53. The van der Waals surface area contributed by atoms with Gasteiger partial charge in [-0.1, -0.05) is 30.7 Å². The molecule has 0 heterocycles. The molecule has 0 radical (unpaired) electrons. The molecule has 2 amide bonds. The van der Waals surface area contributed by atoms with Crippen molar-refractivity contribution >= 4 is 23.4 Å². The van der Waals surface area contributed by atoms with Crippen LogP contribution in [-0.2, 0) is 16.1 Å². The summed E-state index contributed by atoms with van der Waals surface area (Å²) in [6, 6.07) is 13.6. The van der Waals surface area contributed by atoms with Crippen LogP contribution in [0.3, 0.4) is 0 Å². The van der Waals surface area contributed by atoms with Crippen LogP contribution in [0, 0.1) is 0 Å². The number of halogens is 1. The third-order valence-electron chi connectivity index (χ3n) is 4.83. The molecule has 2 aromatic rings. The molecule has 0 saturated carbocycles. The second-order valence-electron chi connectivity index (χ2n) is 7.11. The molecule has 0 aromatic heterocycles. The maximum atomic E-state index is 13.0. The molecule has 6 nitrogen and oxygen atoms in total. The van der Waals surface area contributed by atoms with Crippen LogP contribution >= 0.6 is 11.6 Å². The monoisotopic (exact) mass is 432 g/mol. The lowest BCUT2D eigenvalue weighted by Gasteiger charge is -2.29. The lowest BCUT2D eigenvalue weighted by atomic mass is 10.1. The molecule has 2 aromatic carbocycles. The predicted molar refractivity (Wildman–Crippen MR) is 118 cm³/mol. The van der Waals surface area contributed by atoms with Gasteiger partial charge in [0.2, 0.25) is 5.91 Å². The smallest absolute Gasteiger partial charge is 0.261 e. The van der Waals surface area contributed by atoms with E-state index in [4.69, 9.17) is 21.1 Å².